The van der Waals surface area contributed by atoms with E-state index in [2.05, 4.69) is 0 Å². The van der Waals surface area contributed by atoms with E-state index in [1.54, 1.807) is 0 Å². The first-order chi connectivity index (χ1) is 6.93. The van der Waals surface area contributed by atoms with Crippen LogP contribution in [0.2, 0.25) is 5.02 Å². The van der Waals surface area contributed by atoms with Gasteiger partial charge < -0.3 is 15.9 Å². The second-order valence-electron chi connectivity index (χ2n) is 2.86. The summed E-state index contributed by atoms with van der Waals surface area (Å²) >= 11 is 5.70. The molecule has 6 heteroatoms. The van der Waals surface area contributed by atoms with Gasteiger partial charge in [0.2, 0.25) is 0 Å². The zero-order valence-electron chi connectivity index (χ0n) is 7.48. The molecule has 0 fully saturated rings. The van der Waals surface area contributed by atoms with Crippen molar-refractivity contribution in [3.8, 4) is 0 Å². The number of hydrogen-bond donors (Lipinski definition) is 3. The van der Waals surface area contributed by atoms with E-state index in [-0.39, 0.29) is 16.1 Å². The van der Waals surface area contributed by atoms with Gasteiger partial charge >= 0.3 is 11.9 Å². The van der Waals surface area contributed by atoms with Gasteiger partial charge in [-0.2, -0.15) is 0 Å². The van der Waals surface area contributed by atoms with E-state index < -0.39 is 18.0 Å². The Morgan fingerprint density at radius 3 is 2.40 bits per heavy atom. The molecule has 0 bridgehead atoms. The number of aliphatic carboxylic acids is 1. The molecule has 1 rings (SSSR count). The predicted octanol–water partition coefficient (Wildman–Crippen LogP) is 1.12. The summed E-state index contributed by atoms with van der Waals surface area (Å²) in [5.74, 6) is -2.43. The first kappa shape index (κ1) is 11.5. The summed E-state index contributed by atoms with van der Waals surface area (Å²) in [7, 11) is 0. The Balaban J connectivity index is 3.22. The van der Waals surface area contributed by atoms with E-state index in [1.807, 2.05) is 0 Å². The van der Waals surface area contributed by atoms with Crippen LogP contribution in [0.3, 0.4) is 0 Å². The molecule has 1 atom stereocenters. The average Bonchev–Trinajstić information content (AvgIpc) is 2.16. The molecule has 15 heavy (non-hydrogen) atoms. The summed E-state index contributed by atoms with van der Waals surface area (Å²) in [4.78, 5) is 21.2. The van der Waals surface area contributed by atoms with Crippen LogP contribution in [-0.2, 0) is 4.79 Å². The highest BCUT2D eigenvalue weighted by Gasteiger charge is 2.19. The highest BCUT2D eigenvalue weighted by Crippen LogP contribution is 2.23. The summed E-state index contributed by atoms with van der Waals surface area (Å²) in [5, 5.41) is 17.5. The lowest BCUT2D eigenvalue weighted by Crippen LogP contribution is -2.21. The maximum atomic E-state index is 10.6. The van der Waals surface area contributed by atoms with Crippen LogP contribution in [0.4, 0.5) is 0 Å². The van der Waals surface area contributed by atoms with E-state index in [4.69, 9.17) is 27.5 Å². The minimum atomic E-state index is -1.32. The van der Waals surface area contributed by atoms with E-state index in [1.165, 1.54) is 12.1 Å². The molecule has 0 heterocycles. The first-order valence-electron chi connectivity index (χ1n) is 3.94. The van der Waals surface area contributed by atoms with Gasteiger partial charge in [-0.05, 0) is 23.8 Å². The quantitative estimate of drug-likeness (QED) is 0.721. The molecule has 0 saturated heterocycles. The van der Waals surface area contributed by atoms with E-state index in [0.29, 0.717) is 0 Å². The Morgan fingerprint density at radius 2 is 1.93 bits per heavy atom. The summed E-state index contributed by atoms with van der Waals surface area (Å²) in [6.45, 7) is 0. The fourth-order valence-corrected chi connectivity index (χ4v) is 1.28. The molecule has 0 radical (unpaired) electrons. The highest BCUT2D eigenvalue weighted by atomic mass is 35.5. The topological polar surface area (TPSA) is 101 Å². The highest BCUT2D eigenvalue weighted by molar-refractivity contribution is 6.31. The molecule has 0 aliphatic rings. The first-order valence-corrected chi connectivity index (χ1v) is 4.32. The number of hydrogen-bond acceptors (Lipinski definition) is 3. The maximum absolute atomic E-state index is 10.6. The molecule has 0 aromatic heterocycles. The monoisotopic (exact) mass is 229 g/mol. The number of benzene rings is 1. The van der Waals surface area contributed by atoms with Crippen molar-refractivity contribution in [3.05, 3.63) is 34.3 Å². The van der Waals surface area contributed by atoms with Gasteiger partial charge in [-0.25, -0.2) is 4.79 Å². The van der Waals surface area contributed by atoms with Crippen LogP contribution < -0.4 is 5.73 Å². The third-order valence-corrected chi connectivity index (χ3v) is 2.19. The molecule has 0 aliphatic heterocycles. The van der Waals surface area contributed by atoms with Crippen LogP contribution in [0, 0.1) is 0 Å². The van der Waals surface area contributed by atoms with E-state index >= 15 is 0 Å². The third kappa shape index (κ3) is 2.45. The van der Waals surface area contributed by atoms with Crippen LogP contribution in [-0.4, -0.2) is 22.2 Å². The predicted molar refractivity (Wildman–Crippen MR) is 53.0 cm³/mol. The average molecular weight is 230 g/mol. The number of carbonyl (C=O) groups is 2. The number of halogens is 1. The Hall–Kier alpha value is -1.59. The number of nitrogens with two attached hydrogens (primary N) is 1. The van der Waals surface area contributed by atoms with Crippen LogP contribution in [0.25, 0.3) is 0 Å². The summed E-state index contributed by atoms with van der Waals surface area (Å²) in [6.07, 6.45) is 0. The molecule has 1 aromatic rings. The summed E-state index contributed by atoms with van der Waals surface area (Å²) in [6, 6.07) is 2.42. The molecule has 80 valence electrons. The van der Waals surface area contributed by atoms with Crippen molar-refractivity contribution >= 4 is 23.5 Å². The molecule has 0 unspecified atom stereocenters. The van der Waals surface area contributed by atoms with Crippen LogP contribution in [0.1, 0.15) is 22.0 Å². The van der Waals surface area contributed by atoms with Crippen molar-refractivity contribution in [2.75, 3.05) is 0 Å². The Morgan fingerprint density at radius 1 is 1.33 bits per heavy atom. The normalized spacial score (nSPS) is 12.1. The Labute approximate surface area is 90.1 Å². The Bertz CT molecular complexity index is 419. The molecule has 0 spiro atoms. The molecule has 0 aliphatic carbocycles. The van der Waals surface area contributed by atoms with Gasteiger partial charge in [-0.15, -0.1) is 0 Å². The lowest BCUT2D eigenvalue weighted by atomic mass is 10.0. The van der Waals surface area contributed by atoms with E-state index in [0.717, 1.165) is 6.07 Å². The molecule has 4 N–H and O–H groups in total. The fraction of sp³-hybridized carbons (Fsp3) is 0.111. The molecular weight excluding hydrogens is 222 g/mol. The number of aromatic carboxylic acids is 1. The Kier molecular flexibility index (Phi) is 3.28. The van der Waals surface area contributed by atoms with Crippen molar-refractivity contribution in [1.29, 1.82) is 0 Å². The summed E-state index contributed by atoms with van der Waals surface area (Å²) in [5.41, 5.74) is 5.37. The minimum absolute atomic E-state index is 0.0499. The summed E-state index contributed by atoms with van der Waals surface area (Å²) < 4.78 is 0. The van der Waals surface area contributed by atoms with Gasteiger partial charge in [0.1, 0.15) is 6.04 Å². The van der Waals surface area contributed by atoms with Crippen LogP contribution in [0.15, 0.2) is 18.2 Å². The number of rotatable bonds is 3. The van der Waals surface area contributed by atoms with Gasteiger partial charge in [-0.1, -0.05) is 11.6 Å². The molecule has 1 aromatic carbocycles. The zero-order valence-corrected chi connectivity index (χ0v) is 8.23. The molecular formula is C9H8ClNO4. The number of carboxylic acids is 2. The van der Waals surface area contributed by atoms with Crippen LogP contribution in [0.5, 0.6) is 0 Å². The van der Waals surface area contributed by atoms with Crippen molar-refractivity contribution in [2.45, 2.75) is 6.04 Å². The largest absolute Gasteiger partial charge is 0.480 e. The maximum Gasteiger partial charge on any atom is 0.335 e. The van der Waals surface area contributed by atoms with Crippen LogP contribution >= 0.6 is 11.6 Å². The van der Waals surface area contributed by atoms with Gasteiger partial charge in [0, 0.05) is 5.02 Å². The van der Waals surface area contributed by atoms with Gasteiger partial charge in [0.25, 0.3) is 0 Å². The standard InChI is InChI=1S/C9H8ClNO4/c10-6-2-1-4(8(12)13)3-5(6)7(11)9(14)15/h1-3,7H,11H2,(H,12,13)(H,14,15)/t7-/m0/s1. The van der Waals surface area contributed by atoms with Crippen molar-refractivity contribution < 1.29 is 19.8 Å². The van der Waals surface area contributed by atoms with Crippen molar-refractivity contribution in [1.82, 2.24) is 0 Å². The third-order valence-electron chi connectivity index (χ3n) is 1.84. The lowest BCUT2D eigenvalue weighted by molar-refractivity contribution is -0.138. The van der Waals surface area contributed by atoms with E-state index in [9.17, 15) is 9.59 Å². The smallest absolute Gasteiger partial charge is 0.335 e. The molecule has 0 amide bonds. The zero-order chi connectivity index (χ0) is 11.6. The van der Waals surface area contributed by atoms with Gasteiger partial charge in [-0.3, -0.25) is 4.79 Å². The minimum Gasteiger partial charge on any atom is -0.480 e. The van der Waals surface area contributed by atoms with Gasteiger partial charge in [0.05, 0.1) is 5.56 Å². The van der Waals surface area contributed by atoms with Gasteiger partial charge in [0.15, 0.2) is 0 Å². The second kappa shape index (κ2) is 4.29. The SMILES string of the molecule is N[C@H](C(=O)O)c1cc(C(=O)O)ccc1Cl. The lowest BCUT2D eigenvalue weighted by Gasteiger charge is -2.09. The number of carboxylic acid groups (broad SMARTS) is 2. The van der Waals surface area contributed by atoms with Crippen molar-refractivity contribution in [3.63, 3.8) is 0 Å². The fourth-order valence-electron chi connectivity index (χ4n) is 1.05. The molecule has 0 saturated carbocycles. The molecule has 5 nitrogen and oxygen atoms in total. The van der Waals surface area contributed by atoms with Crippen molar-refractivity contribution in [2.24, 2.45) is 5.73 Å². The second-order valence-corrected chi connectivity index (χ2v) is 3.26.